The largest absolute Gasteiger partial charge is 0.493 e. The van der Waals surface area contributed by atoms with Gasteiger partial charge in [-0.3, -0.25) is 14.8 Å². The van der Waals surface area contributed by atoms with E-state index in [9.17, 15) is 14.7 Å². The van der Waals surface area contributed by atoms with E-state index in [-0.39, 0.29) is 23.5 Å². The Hall–Kier alpha value is -4.21. The zero-order valence-electron chi connectivity index (χ0n) is 17.3. The van der Waals surface area contributed by atoms with Gasteiger partial charge in [0.15, 0.2) is 11.1 Å². The summed E-state index contributed by atoms with van der Waals surface area (Å²) in [7, 11) is 0. The van der Waals surface area contributed by atoms with Gasteiger partial charge in [-0.2, -0.15) is 9.61 Å². The summed E-state index contributed by atoms with van der Waals surface area (Å²) in [6, 6.07) is 9.96. The number of hydrogen-bond donors (Lipinski definition) is 4. The summed E-state index contributed by atoms with van der Waals surface area (Å²) in [4.78, 5) is 37.2. The van der Waals surface area contributed by atoms with Crippen LogP contribution < -0.4 is 21.7 Å². The molecule has 1 saturated carbocycles. The molecule has 10 heteroatoms. The van der Waals surface area contributed by atoms with Crippen LogP contribution in [0.4, 0.5) is 0 Å². The van der Waals surface area contributed by atoms with Crippen molar-refractivity contribution < 1.29 is 9.90 Å². The molecular weight excluding hydrogens is 410 g/mol. The summed E-state index contributed by atoms with van der Waals surface area (Å²) in [6.07, 6.45) is 5.32. The van der Waals surface area contributed by atoms with Crippen LogP contribution in [0, 0.1) is 0 Å². The van der Waals surface area contributed by atoms with E-state index in [1.807, 2.05) is 30.3 Å². The van der Waals surface area contributed by atoms with Gasteiger partial charge in [-0.05, 0) is 30.5 Å². The standard InChI is InChI=1S/C22H21N7O3/c1-12(30)23-10-13-3-2-4-14(7-13)17-9-19(25-16-5-6-16)29-20(26-17)15(11-24-29)8-18-21(31)28-22(32)27-18/h2-4,7-9,11,16,31H,5-6,10H2,1H3,(H,23,30)(H2,27,28,32)/b15-8-,25-19?. The number of benzene rings is 1. The molecule has 4 aromatic rings. The maximum Gasteiger partial charge on any atom is 0.326 e. The molecule has 0 bridgehead atoms. The summed E-state index contributed by atoms with van der Waals surface area (Å²) in [5.41, 5.74) is 3.53. The number of imidazole rings is 1. The molecule has 1 amide bonds. The van der Waals surface area contributed by atoms with Crippen LogP contribution in [0.1, 0.15) is 31.0 Å². The first kappa shape index (κ1) is 19.7. The molecule has 1 aliphatic rings. The Morgan fingerprint density at radius 1 is 1.34 bits per heavy atom. The van der Waals surface area contributed by atoms with Crippen molar-refractivity contribution in [3.8, 4) is 17.1 Å². The van der Waals surface area contributed by atoms with E-state index < -0.39 is 5.69 Å². The molecule has 1 aliphatic carbocycles. The maximum atomic E-state index is 11.5. The van der Waals surface area contributed by atoms with E-state index in [1.54, 1.807) is 16.8 Å². The minimum Gasteiger partial charge on any atom is -0.493 e. The zero-order chi connectivity index (χ0) is 22.2. The molecule has 1 fully saturated rings. The van der Waals surface area contributed by atoms with Crippen LogP contribution in [0.15, 0.2) is 46.3 Å². The molecule has 3 aromatic heterocycles. The van der Waals surface area contributed by atoms with Crippen molar-refractivity contribution in [2.45, 2.75) is 32.4 Å². The molecule has 0 unspecified atom stereocenters. The van der Waals surface area contributed by atoms with Crippen LogP contribution in [0.5, 0.6) is 5.88 Å². The number of nitrogens with one attached hydrogen (secondary N) is 3. The molecule has 0 atom stereocenters. The topological polar surface area (TPSA) is 141 Å². The summed E-state index contributed by atoms with van der Waals surface area (Å²) < 4.78 is 1.66. The van der Waals surface area contributed by atoms with Crippen molar-refractivity contribution in [1.82, 2.24) is 29.9 Å². The third-order valence-corrected chi connectivity index (χ3v) is 5.14. The maximum absolute atomic E-state index is 11.5. The predicted octanol–water partition coefficient (Wildman–Crippen LogP) is 0.365. The summed E-state index contributed by atoms with van der Waals surface area (Å²) in [5, 5.41) is 17.8. The van der Waals surface area contributed by atoms with Gasteiger partial charge in [-0.15, -0.1) is 0 Å². The number of rotatable bonds is 5. The molecule has 32 heavy (non-hydrogen) atoms. The summed E-state index contributed by atoms with van der Waals surface area (Å²) >= 11 is 0. The first-order valence-corrected chi connectivity index (χ1v) is 10.3. The Kier molecular flexibility index (Phi) is 4.81. The molecule has 0 spiro atoms. The Labute approximate surface area is 181 Å². The lowest BCUT2D eigenvalue weighted by molar-refractivity contribution is -0.119. The van der Waals surface area contributed by atoms with Gasteiger partial charge in [0.05, 0.1) is 17.9 Å². The smallest absolute Gasteiger partial charge is 0.326 e. The van der Waals surface area contributed by atoms with Crippen LogP contribution in [0.3, 0.4) is 0 Å². The normalized spacial score (nSPS) is 14.9. The van der Waals surface area contributed by atoms with Gasteiger partial charge in [-0.25, -0.2) is 9.78 Å². The minimum atomic E-state index is -0.501. The number of aromatic hydroxyl groups is 1. The average Bonchev–Trinajstić information content (AvgIpc) is 3.40. The summed E-state index contributed by atoms with van der Waals surface area (Å²) in [5.74, 6) is -0.343. The molecule has 4 N–H and O–H groups in total. The number of carbonyl (C=O) groups is 1. The Morgan fingerprint density at radius 3 is 2.91 bits per heavy atom. The van der Waals surface area contributed by atoms with Crippen molar-refractivity contribution in [2.24, 2.45) is 4.99 Å². The van der Waals surface area contributed by atoms with Crippen molar-refractivity contribution >= 4 is 17.6 Å². The third kappa shape index (κ3) is 4.02. The highest BCUT2D eigenvalue weighted by Crippen LogP contribution is 2.23. The quantitative estimate of drug-likeness (QED) is 0.361. The Balaban J connectivity index is 1.67. The molecular formula is C22H21N7O3. The highest BCUT2D eigenvalue weighted by atomic mass is 16.3. The first-order chi connectivity index (χ1) is 15.5. The lowest BCUT2D eigenvalue weighted by Crippen LogP contribution is -2.20. The van der Waals surface area contributed by atoms with Crippen molar-refractivity contribution in [1.29, 1.82) is 0 Å². The number of H-pyrrole nitrogens is 2. The van der Waals surface area contributed by atoms with Crippen LogP contribution in [0.2, 0.25) is 0 Å². The van der Waals surface area contributed by atoms with Crippen molar-refractivity contribution in [3.05, 3.63) is 69.0 Å². The van der Waals surface area contributed by atoms with Crippen LogP contribution >= 0.6 is 0 Å². The second kappa shape index (κ2) is 7.80. The number of nitrogens with zero attached hydrogens (tertiary/aromatic N) is 4. The van der Waals surface area contributed by atoms with E-state index >= 15 is 0 Å². The number of hydrogen-bond acceptors (Lipinski definition) is 6. The van der Waals surface area contributed by atoms with E-state index in [2.05, 4.69) is 20.4 Å². The van der Waals surface area contributed by atoms with Gasteiger partial charge < -0.3 is 15.4 Å². The van der Waals surface area contributed by atoms with Gasteiger partial charge in [0.1, 0.15) is 5.69 Å². The fraction of sp³-hybridized carbons (Fsp3) is 0.227. The summed E-state index contributed by atoms with van der Waals surface area (Å²) in [6.45, 7) is 1.91. The van der Waals surface area contributed by atoms with Crippen molar-refractivity contribution in [3.63, 3.8) is 0 Å². The SMILES string of the molecule is CC(=O)NCc1cccc(-c2cc(=NC3CC3)n3nc/c(=C/c4[nH]c(=O)[nH]c4O)c3n2)c1. The van der Waals surface area contributed by atoms with Gasteiger partial charge in [-0.1, -0.05) is 18.2 Å². The molecule has 162 valence electrons. The second-order valence-corrected chi connectivity index (χ2v) is 7.79. The predicted molar refractivity (Wildman–Crippen MR) is 116 cm³/mol. The lowest BCUT2D eigenvalue weighted by atomic mass is 10.1. The number of carbonyl (C=O) groups excluding carboxylic acids is 1. The number of fused-ring (bicyclic) bond motifs is 1. The molecule has 10 nitrogen and oxygen atoms in total. The van der Waals surface area contributed by atoms with E-state index in [0.717, 1.165) is 24.0 Å². The molecule has 0 radical (unpaired) electrons. The van der Waals surface area contributed by atoms with Crippen LogP contribution in [-0.2, 0) is 11.3 Å². The van der Waals surface area contributed by atoms with E-state index in [0.29, 0.717) is 28.6 Å². The van der Waals surface area contributed by atoms with Gasteiger partial charge >= 0.3 is 5.69 Å². The molecule has 1 aromatic carbocycles. The Morgan fingerprint density at radius 2 is 2.19 bits per heavy atom. The third-order valence-electron chi connectivity index (χ3n) is 5.14. The highest BCUT2D eigenvalue weighted by molar-refractivity contribution is 5.73. The van der Waals surface area contributed by atoms with E-state index in [1.165, 1.54) is 6.92 Å². The van der Waals surface area contributed by atoms with Gasteiger partial charge in [0.2, 0.25) is 11.8 Å². The van der Waals surface area contributed by atoms with Crippen molar-refractivity contribution in [2.75, 3.05) is 0 Å². The molecule has 0 aliphatic heterocycles. The first-order valence-electron chi connectivity index (χ1n) is 10.3. The van der Waals surface area contributed by atoms with E-state index in [4.69, 9.17) is 9.98 Å². The molecule has 5 rings (SSSR count). The second-order valence-electron chi connectivity index (χ2n) is 7.79. The monoisotopic (exact) mass is 431 g/mol. The zero-order valence-corrected chi connectivity index (χ0v) is 17.3. The number of aromatic amines is 2. The number of aromatic nitrogens is 5. The molecule has 0 saturated heterocycles. The van der Waals surface area contributed by atoms with Crippen LogP contribution in [-0.4, -0.2) is 41.6 Å². The fourth-order valence-corrected chi connectivity index (χ4v) is 3.41. The Bertz CT molecular complexity index is 1510. The van der Waals surface area contributed by atoms with Crippen LogP contribution in [0.25, 0.3) is 23.0 Å². The fourth-order valence-electron chi connectivity index (χ4n) is 3.41. The minimum absolute atomic E-state index is 0.0917. The lowest BCUT2D eigenvalue weighted by Gasteiger charge is -2.07. The average molecular weight is 431 g/mol. The van der Waals surface area contributed by atoms with Gasteiger partial charge in [0, 0.05) is 30.3 Å². The molecule has 3 heterocycles. The van der Waals surface area contributed by atoms with Gasteiger partial charge in [0.25, 0.3) is 0 Å². The highest BCUT2D eigenvalue weighted by Gasteiger charge is 2.20. The number of amides is 1.